The Labute approximate surface area is 165 Å². The third-order valence-electron chi connectivity index (χ3n) is 3.65. The summed E-state index contributed by atoms with van der Waals surface area (Å²) in [6.45, 7) is 4.19. The lowest BCUT2D eigenvalue weighted by Gasteiger charge is -2.34. The van der Waals surface area contributed by atoms with Crippen LogP contribution in [0.3, 0.4) is 0 Å². The zero-order valence-electron chi connectivity index (χ0n) is 15.4. The molecule has 0 heterocycles. The maximum atomic E-state index is 14.3. The Morgan fingerprint density at radius 3 is 1.56 bits per heavy atom. The summed E-state index contributed by atoms with van der Waals surface area (Å²) in [6.07, 6.45) is 0. The van der Waals surface area contributed by atoms with Crippen molar-refractivity contribution in [2.24, 2.45) is 0 Å². The summed E-state index contributed by atoms with van der Waals surface area (Å²) in [7, 11) is -3.25. The van der Waals surface area contributed by atoms with Crippen LogP contribution in [0.25, 0.3) is 0 Å². The van der Waals surface area contributed by atoms with Crippen LogP contribution in [0.1, 0.15) is 13.8 Å². The third-order valence-corrected chi connectivity index (χ3v) is 7.32. The molecule has 0 amide bonds. The Kier molecular flexibility index (Phi) is 6.49. The third kappa shape index (κ3) is 5.31. The zero-order valence-corrected chi connectivity index (χ0v) is 17.2. The molecule has 4 nitrogen and oxygen atoms in total. The molecule has 0 aliphatic rings. The van der Waals surface area contributed by atoms with E-state index in [-0.39, 0.29) is 5.25 Å². The first-order valence-corrected chi connectivity index (χ1v) is 11.4. The second kappa shape index (κ2) is 9.03. The topological polar surface area (TPSA) is 44.4 Å². The van der Waals surface area contributed by atoms with E-state index in [4.69, 9.17) is 0 Å². The molecule has 0 unspecified atom stereocenters. The molecule has 0 saturated heterocycles. The molecule has 140 valence electrons. The van der Waals surface area contributed by atoms with E-state index in [2.05, 4.69) is 24.0 Å². The van der Waals surface area contributed by atoms with Crippen molar-refractivity contribution < 1.29 is 4.57 Å². The van der Waals surface area contributed by atoms with Crippen LogP contribution in [0.4, 0.5) is 17.1 Å². The molecule has 3 aromatic carbocycles. The first-order chi connectivity index (χ1) is 13.1. The second-order valence-corrected chi connectivity index (χ2v) is 10.1. The van der Waals surface area contributed by atoms with Crippen LogP contribution < -0.4 is 14.3 Å². The molecule has 0 saturated carbocycles. The predicted octanol–water partition coefficient (Wildman–Crippen LogP) is 6.88. The lowest BCUT2D eigenvalue weighted by atomic mass is 10.3. The van der Waals surface area contributed by atoms with Crippen molar-refractivity contribution in [3.05, 3.63) is 91.0 Å². The highest BCUT2D eigenvalue weighted by Gasteiger charge is 2.33. The van der Waals surface area contributed by atoms with Gasteiger partial charge in [0.1, 0.15) is 0 Å². The number of nitrogens with zero attached hydrogens (tertiary/aromatic N) is 1. The molecule has 3 rings (SSSR count). The monoisotopic (exact) mass is 397 g/mol. The molecule has 27 heavy (non-hydrogen) atoms. The minimum absolute atomic E-state index is 0.258. The summed E-state index contributed by atoms with van der Waals surface area (Å²) in [6, 6.07) is 29.1. The van der Waals surface area contributed by atoms with Crippen LogP contribution >= 0.6 is 19.5 Å². The fourth-order valence-corrected chi connectivity index (χ4v) is 6.22. The Morgan fingerprint density at radius 2 is 1.15 bits per heavy atom. The normalized spacial score (nSPS) is 11.2. The van der Waals surface area contributed by atoms with Crippen LogP contribution in [0.5, 0.6) is 0 Å². The van der Waals surface area contributed by atoms with E-state index in [9.17, 15) is 4.57 Å². The van der Waals surface area contributed by atoms with Gasteiger partial charge in [-0.3, -0.25) is 0 Å². The summed E-state index contributed by atoms with van der Waals surface area (Å²) in [5.74, 6) is 0. The molecular formula is C21H24N3OPS. The summed E-state index contributed by atoms with van der Waals surface area (Å²) in [4.78, 5) is 0. The lowest BCUT2D eigenvalue weighted by molar-refractivity contribution is 0.583. The van der Waals surface area contributed by atoms with Crippen molar-refractivity contribution >= 4 is 36.6 Å². The molecule has 0 spiro atoms. The zero-order chi connectivity index (χ0) is 19.1. The van der Waals surface area contributed by atoms with Crippen molar-refractivity contribution in [3.8, 4) is 0 Å². The highest BCUT2D eigenvalue weighted by Crippen LogP contribution is 2.55. The van der Waals surface area contributed by atoms with Crippen molar-refractivity contribution in [3.63, 3.8) is 0 Å². The smallest absolute Gasteiger partial charge is 0.303 e. The number of rotatable bonds is 8. The van der Waals surface area contributed by atoms with Gasteiger partial charge < -0.3 is 10.2 Å². The van der Waals surface area contributed by atoms with E-state index in [0.29, 0.717) is 0 Å². The quantitative estimate of drug-likeness (QED) is 0.320. The maximum absolute atomic E-state index is 14.3. The number of para-hydroxylation sites is 3. The summed E-state index contributed by atoms with van der Waals surface area (Å²) in [5, 5.41) is 6.77. The van der Waals surface area contributed by atoms with Gasteiger partial charge in [0.05, 0.1) is 5.69 Å². The molecule has 0 fully saturated rings. The van der Waals surface area contributed by atoms with Crippen molar-refractivity contribution in [1.82, 2.24) is 0 Å². The second-order valence-electron chi connectivity index (χ2n) is 6.29. The van der Waals surface area contributed by atoms with E-state index in [1.54, 1.807) is 11.9 Å². The minimum Gasteiger partial charge on any atom is -0.303 e. The predicted molar refractivity (Wildman–Crippen MR) is 119 cm³/mol. The van der Waals surface area contributed by atoms with Crippen LogP contribution in [-0.4, -0.2) is 5.25 Å². The first kappa shape index (κ1) is 19.4. The van der Waals surface area contributed by atoms with Gasteiger partial charge in [-0.2, -0.15) is 0 Å². The van der Waals surface area contributed by atoms with E-state index < -0.39 is 7.59 Å². The van der Waals surface area contributed by atoms with Gasteiger partial charge in [0.15, 0.2) is 0 Å². The van der Waals surface area contributed by atoms with Crippen LogP contribution in [0.15, 0.2) is 91.0 Å². The largest absolute Gasteiger partial charge is 0.365 e. The minimum atomic E-state index is -3.25. The van der Waals surface area contributed by atoms with Crippen molar-refractivity contribution in [2.75, 3.05) is 14.3 Å². The summed E-state index contributed by atoms with van der Waals surface area (Å²) >= 11 is 1.54. The molecule has 0 aliphatic carbocycles. The van der Waals surface area contributed by atoms with Crippen LogP contribution in [0.2, 0.25) is 0 Å². The van der Waals surface area contributed by atoms with E-state index in [0.717, 1.165) is 17.1 Å². The molecule has 3 aromatic rings. The molecule has 0 atom stereocenters. The number of hydrogen-bond donors (Lipinski definition) is 2. The van der Waals surface area contributed by atoms with Crippen molar-refractivity contribution in [1.29, 1.82) is 0 Å². The van der Waals surface area contributed by atoms with Gasteiger partial charge in [0.25, 0.3) is 0 Å². The van der Waals surface area contributed by atoms with Gasteiger partial charge in [0.2, 0.25) is 0 Å². The molecule has 0 bridgehead atoms. The van der Waals surface area contributed by atoms with Gasteiger partial charge in [-0.1, -0.05) is 68.4 Å². The Balaban J connectivity index is 2.03. The average molecular weight is 397 g/mol. The molecule has 0 aliphatic heterocycles. The number of nitrogens with one attached hydrogen (secondary N) is 2. The fourth-order valence-electron chi connectivity index (χ4n) is 2.54. The summed E-state index contributed by atoms with van der Waals surface area (Å²) < 4.78 is 16.1. The Bertz CT molecular complexity index is 830. The van der Waals surface area contributed by atoms with Gasteiger partial charge in [-0.05, 0) is 48.3 Å². The molecule has 2 N–H and O–H groups in total. The van der Waals surface area contributed by atoms with Gasteiger partial charge in [-0.25, -0.2) is 8.64 Å². The first-order valence-electron chi connectivity index (χ1n) is 8.86. The highest BCUT2D eigenvalue weighted by molar-refractivity contribution is 8.08. The molecule has 0 aromatic heterocycles. The van der Waals surface area contributed by atoms with E-state index in [1.807, 2.05) is 95.1 Å². The van der Waals surface area contributed by atoms with E-state index >= 15 is 0 Å². The van der Waals surface area contributed by atoms with Crippen molar-refractivity contribution in [2.45, 2.75) is 19.1 Å². The number of benzene rings is 3. The van der Waals surface area contributed by atoms with Gasteiger partial charge in [-0.15, -0.1) is 0 Å². The Hall–Kier alpha value is -2.36. The molecule has 6 heteroatoms. The Morgan fingerprint density at radius 1 is 0.741 bits per heavy atom. The standard InChI is InChI=1S/C21H24N3OPS/c1-18(2)27-24(21-16-10-5-11-17-21)26(25,22-19-12-6-3-7-13-19)23-20-14-8-4-9-15-20/h3-18H,1-2H3,(H2,22,23,25). The molecule has 0 radical (unpaired) electrons. The maximum Gasteiger partial charge on any atom is 0.365 e. The number of anilines is 3. The van der Waals surface area contributed by atoms with Gasteiger partial charge in [0, 0.05) is 16.6 Å². The fraction of sp³-hybridized carbons (Fsp3) is 0.143. The molecular weight excluding hydrogens is 373 g/mol. The highest BCUT2D eigenvalue weighted by atomic mass is 32.2. The lowest BCUT2D eigenvalue weighted by Crippen LogP contribution is -2.23. The SMILES string of the molecule is CC(C)SN(c1ccccc1)P(=O)(Nc1ccccc1)Nc1ccccc1. The van der Waals surface area contributed by atoms with Crippen LogP contribution in [0, 0.1) is 0 Å². The number of hydrogen-bond acceptors (Lipinski definition) is 2. The van der Waals surface area contributed by atoms with E-state index in [1.165, 1.54) is 0 Å². The van der Waals surface area contributed by atoms with Gasteiger partial charge >= 0.3 is 7.59 Å². The van der Waals surface area contributed by atoms with Crippen LogP contribution in [-0.2, 0) is 4.57 Å². The average Bonchev–Trinajstić information content (AvgIpc) is 2.68. The summed E-state index contributed by atoms with van der Waals surface area (Å²) in [5.41, 5.74) is 2.48.